The highest BCUT2D eigenvalue weighted by Gasteiger charge is 2.07. The van der Waals surface area contributed by atoms with Gasteiger partial charge in [0.05, 0.1) is 11.7 Å². The van der Waals surface area contributed by atoms with E-state index >= 15 is 0 Å². The van der Waals surface area contributed by atoms with Gasteiger partial charge in [-0.1, -0.05) is 48.0 Å². The Morgan fingerprint density at radius 1 is 1.00 bits per heavy atom. The predicted octanol–water partition coefficient (Wildman–Crippen LogP) is 4.44. The summed E-state index contributed by atoms with van der Waals surface area (Å²) in [6.45, 7) is -1.35. The molecule has 29 heavy (non-hydrogen) atoms. The average molecular weight is 413 g/mol. The van der Waals surface area contributed by atoms with Gasteiger partial charge in [-0.2, -0.15) is 0 Å². The SMILES string of the molecule is [2H]C([2H])(NCCNc1cccc(-c2cccc(C(=O)O)c2)c1)[C@H](O)c1cccc(Cl)c1. The van der Waals surface area contributed by atoms with Crippen LogP contribution in [0.1, 0.15) is 24.8 Å². The summed E-state index contributed by atoms with van der Waals surface area (Å²) in [5.41, 5.74) is 3.10. The first-order chi connectivity index (χ1) is 14.8. The molecule has 0 fully saturated rings. The lowest BCUT2D eigenvalue weighted by atomic mass is 10.0. The number of aliphatic hydroxyl groups is 1. The Balaban J connectivity index is 1.58. The standard InChI is InChI=1S/C23H23ClN2O3/c24-20-8-2-6-18(13-20)22(27)15-25-10-11-26-21-9-3-5-17(14-21)16-4-1-7-19(12-16)23(28)29/h1-9,12-14,22,25-27H,10-11,15H2,(H,28,29)/t22-/m0/s1/i15D2. The summed E-state index contributed by atoms with van der Waals surface area (Å²) in [6.07, 6.45) is -1.36. The number of rotatable bonds is 9. The van der Waals surface area contributed by atoms with Gasteiger partial charge < -0.3 is 20.8 Å². The van der Waals surface area contributed by atoms with Crippen molar-refractivity contribution < 1.29 is 17.7 Å². The van der Waals surface area contributed by atoms with E-state index in [-0.39, 0.29) is 12.1 Å². The number of halogens is 1. The van der Waals surface area contributed by atoms with Crippen molar-refractivity contribution in [3.8, 4) is 11.1 Å². The van der Waals surface area contributed by atoms with E-state index in [0.29, 0.717) is 17.1 Å². The summed E-state index contributed by atoms with van der Waals surface area (Å²) in [6, 6.07) is 20.7. The highest BCUT2D eigenvalue weighted by molar-refractivity contribution is 6.30. The van der Waals surface area contributed by atoms with Crippen molar-refractivity contribution in [1.82, 2.24) is 5.32 Å². The minimum absolute atomic E-state index is 0.223. The Morgan fingerprint density at radius 2 is 1.72 bits per heavy atom. The monoisotopic (exact) mass is 412 g/mol. The zero-order valence-electron chi connectivity index (χ0n) is 17.6. The van der Waals surface area contributed by atoms with Crippen molar-refractivity contribution in [2.24, 2.45) is 0 Å². The van der Waals surface area contributed by atoms with E-state index in [2.05, 4.69) is 10.6 Å². The largest absolute Gasteiger partial charge is 0.478 e. The summed E-state index contributed by atoms with van der Waals surface area (Å²) < 4.78 is 16.2. The maximum atomic E-state index is 11.2. The van der Waals surface area contributed by atoms with Crippen molar-refractivity contribution in [1.29, 1.82) is 0 Å². The van der Waals surface area contributed by atoms with Gasteiger partial charge in [-0.25, -0.2) is 4.79 Å². The van der Waals surface area contributed by atoms with Crippen LogP contribution >= 0.6 is 11.6 Å². The summed E-state index contributed by atoms with van der Waals surface area (Å²) >= 11 is 5.92. The first-order valence-electron chi connectivity index (χ1n) is 10.1. The molecule has 0 spiro atoms. The maximum Gasteiger partial charge on any atom is 0.335 e. The van der Waals surface area contributed by atoms with Crippen molar-refractivity contribution in [3.63, 3.8) is 0 Å². The number of aromatic carboxylic acids is 1. The third-order valence-electron chi connectivity index (χ3n) is 4.29. The van der Waals surface area contributed by atoms with Gasteiger partial charge in [0.15, 0.2) is 0 Å². The first-order valence-corrected chi connectivity index (χ1v) is 9.50. The van der Waals surface area contributed by atoms with Crippen LogP contribution in [0.15, 0.2) is 72.8 Å². The second-order valence-electron chi connectivity index (χ2n) is 6.42. The van der Waals surface area contributed by atoms with Gasteiger partial charge in [0.25, 0.3) is 0 Å². The topological polar surface area (TPSA) is 81.6 Å². The number of hydrogen-bond donors (Lipinski definition) is 4. The Labute approximate surface area is 177 Å². The summed E-state index contributed by atoms with van der Waals surface area (Å²) in [5, 5.41) is 25.9. The molecule has 0 aromatic heterocycles. The fourth-order valence-electron chi connectivity index (χ4n) is 2.84. The number of benzene rings is 3. The van der Waals surface area contributed by atoms with E-state index in [1.54, 1.807) is 36.4 Å². The number of aliphatic hydroxyl groups excluding tert-OH is 1. The molecule has 0 radical (unpaired) electrons. The van der Waals surface area contributed by atoms with Crippen LogP contribution < -0.4 is 10.6 Å². The highest BCUT2D eigenvalue weighted by Crippen LogP contribution is 2.23. The molecule has 0 aliphatic rings. The lowest BCUT2D eigenvalue weighted by molar-refractivity contribution is 0.0697. The summed E-state index contributed by atoms with van der Waals surface area (Å²) in [7, 11) is 0. The molecule has 150 valence electrons. The minimum atomic E-state index is -2.04. The molecule has 5 nitrogen and oxygen atoms in total. The minimum Gasteiger partial charge on any atom is -0.478 e. The first kappa shape index (κ1) is 18.2. The number of anilines is 1. The zero-order chi connectivity index (χ0) is 22.4. The number of carboxylic acid groups (broad SMARTS) is 1. The quantitative estimate of drug-likeness (QED) is 0.390. The maximum absolute atomic E-state index is 11.2. The lowest BCUT2D eigenvalue weighted by Crippen LogP contribution is -2.26. The molecular weight excluding hydrogens is 388 g/mol. The smallest absolute Gasteiger partial charge is 0.335 e. The second kappa shape index (κ2) is 10.1. The van der Waals surface area contributed by atoms with Crippen molar-refractivity contribution in [2.75, 3.05) is 24.9 Å². The van der Waals surface area contributed by atoms with Gasteiger partial charge in [0, 0.05) is 33.0 Å². The van der Waals surface area contributed by atoms with E-state index in [9.17, 15) is 15.0 Å². The fourth-order valence-corrected chi connectivity index (χ4v) is 3.04. The van der Waals surface area contributed by atoms with Crippen LogP contribution in [-0.2, 0) is 0 Å². The summed E-state index contributed by atoms with van der Waals surface area (Å²) in [4.78, 5) is 11.2. The Kier molecular flexibility index (Phi) is 6.32. The van der Waals surface area contributed by atoms with Crippen LogP contribution in [0.5, 0.6) is 0 Å². The van der Waals surface area contributed by atoms with Crippen molar-refractivity contribution >= 4 is 23.3 Å². The van der Waals surface area contributed by atoms with E-state index in [1.807, 2.05) is 30.3 Å². The van der Waals surface area contributed by atoms with Crippen LogP contribution in [0.2, 0.25) is 5.02 Å². The molecule has 0 aliphatic heterocycles. The Morgan fingerprint density at radius 3 is 2.48 bits per heavy atom. The van der Waals surface area contributed by atoms with Crippen LogP contribution in [0.4, 0.5) is 5.69 Å². The molecule has 0 saturated heterocycles. The van der Waals surface area contributed by atoms with Gasteiger partial charge in [-0.05, 0) is 53.1 Å². The van der Waals surface area contributed by atoms with E-state index in [4.69, 9.17) is 14.3 Å². The molecule has 0 aliphatic carbocycles. The van der Waals surface area contributed by atoms with E-state index in [0.717, 1.165) is 16.8 Å². The van der Waals surface area contributed by atoms with Gasteiger partial charge in [0.2, 0.25) is 0 Å². The molecule has 0 bridgehead atoms. The molecule has 3 aromatic carbocycles. The van der Waals surface area contributed by atoms with Crippen LogP contribution in [-0.4, -0.2) is 35.8 Å². The van der Waals surface area contributed by atoms with Crippen LogP contribution in [0.25, 0.3) is 11.1 Å². The summed E-state index contributed by atoms with van der Waals surface area (Å²) in [5.74, 6) is -0.976. The molecular formula is C23H23ClN2O3. The zero-order valence-corrected chi connectivity index (χ0v) is 16.4. The number of hydrogen-bond acceptors (Lipinski definition) is 4. The van der Waals surface area contributed by atoms with Gasteiger partial charge in [-0.3, -0.25) is 0 Å². The van der Waals surface area contributed by atoms with Crippen LogP contribution in [0, 0.1) is 0 Å². The molecule has 4 N–H and O–H groups in total. The molecule has 0 saturated carbocycles. The molecule has 3 rings (SSSR count). The number of carboxylic acids is 1. The molecule has 0 unspecified atom stereocenters. The van der Waals surface area contributed by atoms with Crippen LogP contribution in [0.3, 0.4) is 0 Å². The van der Waals surface area contributed by atoms with E-state index < -0.39 is 18.6 Å². The second-order valence-corrected chi connectivity index (χ2v) is 6.86. The van der Waals surface area contributed by atoms with Gasteiger partial charge in [0.1, 0.15) is 0 Å². The van der Waals surface area contributed by atoms with Gasteiger partial charge >= 0.3 is 5.97 Å². The van der Waals surface area contributed by atoms with Gasteiger partial charge in [-0.15, -0.1) is 0 Å². The normalized spacial score (nSPS) is 13.3. The third-order valence-corrected chi connectivity index (χ3v) is 4.52. The number of nitrogens with one attached hydrogen (secondary N) is 2. The highest BCUT2D eigenvalue weighted by atomic mass is 35.5. The number of carbonyl (C=O) groups is 1. The molecule has 1 atom stereocenters. The Hall–Kier alpha value is -2.86. The Bertz CT molecular complexity index is 1060. The third kappa shape index (κ3) is 6.06. The van der Waals surface area contributed by atoms with E-state index in [1.165, 1.54) is 6.07 Å². The molecule has 0 heterocycles. The fraction of sp³-hybridized carbons (Fsp3) is 0.174. The molecule has 0 amide bonds. The average Bonchev–Trinajstić information content (AvgIpc) is 2.76. The molecule has 6 heteroatoms. The predicted molar refractivity (Wildman–Crippen MR) is 117 cm³/mol. The lowest BCUT2D eigenvalue weighted by Gasteiger charge is -2.13. The molecule has 3 aromatic rings. The van der Waals surface area contributed by atoms with Crippen molar-refractivity contribution in [2.45, 2.75) is 6.10 Å². The van der Waals surface area contributed by atoms with Crippen molar-refractivity contribution in [3.05, 3.63) is 88.9 Å².